The van der Waals surface area contributed by atoms with Crippen molar-refractivity contribution in [1.29, 1.82) is 0 Å². The Balaban J connectivity index is 2.86. The minimum Gasteiger partial charge on any atom is -0.158 e. The van der Waals surface area contributed by atoms with Gasteiger partial charge >= 0.3 is 14.0 Å². The highest BCUT2D eigenvalue weighted by molar-refractivity contribution is 7.53. The second-order valence-electron chi connectivity index (χ2n) is 1.94. The minimum absolute atomic E-state index is 0.206. The summed E-state index contributed by atoms with van der Waals surface area (Å²) in [4.78, 5) is 0. The molecular weight excluding hydrogens is 169 g/mol. The highest BCUT2D eigenvalue weighted by atomic mass is 31.1. The fraction of sp³-hybridized carbons (Fsp3) is 0.143. The van der Waals surface area contributed by atoms with Gasteiger partial charge in [-0.25, -0.2) is 0 Å². The first-order valence-corrected chi connectivity index (χ1v) is 4.34. The van der Waals surface area contributed by atoms with Crippen molar-refractivity contribution in [2.24, 2.45) is 0 Å². The Morgan fingerprint density at radius 1 is 1.18 bits per heavy atom. The van der Waals surface area contributed by atoms with E-state index in [9.17, 15) is 13.3 Å². The zero-order chi connectivity index (χ0) is 8.27. The van der Waals surface area contributed by atoms with Crippen molar-refractivity contribution >= 4 is 13.1 Å². The summed E-state index contributed by atoms with van der Waals surface area (Å²) in [5.74, 6) is 0. The van der Waals surface area contributed by atoms with E-state index in [2.05, 4.69) is 0 Å². The third-order valence-electron chi connectivity index (χ3n) is 1.19. The molecule has 0 aliphatic heterocycles. The van der Waals surface area contributed by atoms with Gasteiger partial charge in [0.1, 0.15) is 0 Å². The smallest absolute Gasteiger partial charge is 0.158 e. The lowest BCUT2D eigenvalue weighted by molar-refractivity contribution is 0.240. The molecule has 1 unspecified atom stereocenters. The molecule has 0 aliphatic carbocycles. The van der Waals surface area contributed by atoms with Crippen molar-refractivity contribution in [3.8, 4) is 0 Å². The summed E-state index contributed by atoms with van der Waals surface area (Å²) in [5, 5.41) is 0.206. The standard InChI is InChI=1S/C7H6F2OP/c8-7(9)11(10)6-4-2-1-3-5-6/h1-5,7H/q+1. The molecule has 4 heteroatoms. The molecule has 0 aliphatic rings. The van der Waals surface area contributed by atoms with Gasteiger partial charge in [0.2, 0.25) is 0 Å². The van der Waals surface area contributed by atoms with Crippen LogP contribution in [0.1, 0.15) is 0 Å². The van der Waals surface area contributed by atoms with Crippen LogP contribution in [-0.2, 0) is 4.57 Å². The Morgan fingerprint density at radius 2 is 1.73 bits per heavy atom. The van der Waals surface area contributed by atoms with Crippen LogP contribution in [0.4, 0.5) is 8.78 Å². The lowest BCUT2D eigenvalue weighted by atomic mass is 10.4. The first-order chi connectivity index (χ1) is 5.22. The van der Waals surface area contributed by atoms with Crippen LogP contribution in [0, 0.1) is 0 Å². The van der Waals surface area contributed by atoms with Crippen LogP contribution in [0.25, 0.3) is 0 Å². The van der Waals surface area contributed by atoms with Crippen LogP contribution in [0.15, 0.2) is 30.3 Å². The van der Waals surface area contributed by atoms with Crippen LogP contribution in [0.3, 0.4) is 0 Å². The summed E-state index contributed by atoms with van der Waals surface area (Å²) >= 11 is 0. The number of alkyl halides is 2. The summed E-state index contributed by atoms with van der Waals surface area (Å²) in [7, 11) is -2.52. The van der Waals surface area contributed by atoms with Gasteiger partial charge in [0.05, 0.1) is 0 Å². The number of halogens is 2. The predicted molar refractivity (Wildman–Crippen MR) is 39.7 cm³/mol. The summed E-state index contributed by atoms with van der Waals surface area (Å²) in [6.45, 7) is 0. The average Bonchev–Trinajstić information content (AvgIpc) is 2.05. The van der Waals surface area contributed by atoms with Crippen molar-refractivity contribution in [3.63, 3.8) is 0 Å². The number of benzene rings is 1. The van der Waals surface area contributed by atoms with E-state index in [-0.39, 0.29) is 5.30 Å². The monoisotopic (exact) mass is 175 g/mol. The predicted octanol–water partition coefficient (Wildman–Crippen LogP) is 2.36. The van der Waals surface area contributed by atoms with Crippen molar-refractivity contribution in [2.75, 3.05) is 0 Å². The van der Waals surface area contributed by atoms with Gasteiger partial charge < -0.3 is 0 Å². The van der Waals surface area contributed by atoms with Gasteiger partial charge in [-0.2, -0.15) is 8.78 Å². The van der Waals surface area contributed by atoms with Gasteiger partial charge in [-0.1, -0.05) is 22.8 Å². The molecule has 0 heterocycles. The summed E-state index contributed by atoms with van der Waals surface area (Å²) in [5.41, 5.74) is 0. The molecule has 1 aromatic carbocycles. The lowest BCUT2D eigenvalue weighted by Crippen LogP contribution is -1.98. The second kappa shape index (κ2) is 3.54. The summed E-state index contributed by atoms with van der Waals surface area (Å²) in [6, 6.07) is 7.74. The zero-order valence-corrected chi connectivity index (χ0v) is 6.47. The maximum atomic E-state index is 11.8. The largest absolute Gasteiger partial charge is 0.449 e. The SMILES string of the molecule is O=[P+](c1ccccc1)C(F)F. The van der Waals surface area contributed by atoms with Crippen molar-refractivity contribution in [1.82, 2.24) is 0 Å². The third kappa shape index (κ3) is 2.05. The Labute approximate surface area is 63.8 Å². The highest BCUT2D eigenvalue weighted by Gasteiger charge is 2.31. The molecule has 0 radical (unpaired) electrons. The van der Waals surface area contributed by atoms with E-state index in [1.807, 2.05) is 0 Å². The van der Waals surface area contributed by atoms with E-state index in [0.29, 0.717) is 0 Å². The van der Waals surface area contributed by atoms with Crippen molar-refractivity contribution < 1.29 is 13.3 Å². The first-order valence-electron chi connectivity index (χ1n) is 3.01. The minimum atomic E-state index is -2.76. The Hall–Kier alpha value is -0.820. The van der Waals surface area contributed by atoms with E-state index in [1.165, 1.54) is 12.1 Å². The molecule has 0 spiro atoms. The second-order valence-corrected chi connectivity index (χ2v) is 3.50. The molecule has 0 fully saturated rings. The van der Waals surface area contributed by atoms with Crippen molar-refractivity contribution in [3.05, 3.63) is 30.3 Å². The first kappa shape index (κ1) is 8.28. The number of hydrogen-bond acceptors (Lipinski definition) is 1. The lowest BCUT2D eigenvalue weighted by Gasteiger charge is -1.84. The van der Waals surface area contributed by atoms with Crippen LogP contribution in [0.5, 0.6) is 0 Å². The van der Waals surface area contributed by atoms with Crippen molar-refractivity contribution in [2.45, 2.75) is 6.17 Å². The summed E-state index contributed by atoms with van der Waals surface area (Å²) in [6.07, 6.45) is -2.76. The Morgan fingerprint density at radius 3 is 2.18 bits per heavy atom. The molecule has 58 valence electrons. The van der Waals surface area contributed by atoms with Gasteiger partial charge in [0.25, 0.3) is 0 Å². The Kier molecular flexibility index (Phi) is 2.66. The molecule has 0 aromatic heterocycles. The highest BCUT2D eigenvalue weighted by Crippen LogP contribution is 2.28. The molecule has 1 rings (SSSR count). The molecule has 11 heavy (non-hydrogen) atoms. The van der Waals surface area contributed by atoms with Gasteiger partial charge in [-0.05, 0) is 12.1 Å². The fourth-order valence-corrected chi connectivity index (χ4v) is 1.38. The molecule has 0 bridgehead atoms. The maximum Gasteiger partial charge on any atom is 0.449 e. The molecule has 0 saturated heterocycles. The topological polar surface area (TPSA) is 17.1 Å². The molecular formula is C7H6F2OP+. The van der Waals surface area contributed by atoms with E-state index < -0.39 is 14.0 Å². The van der Waals surface area contributed by atoms with Crippen LogP contribution >= 0.6 is 7.80 Å². The number of rotatable bonds is 2. The van der Waals surface area contributed by atoms with Gasteiger partial charge in [-0.15, -0.1) is 0 Å². The van der Waals surface area contributed by atoms with Crippen LogP contribution < -0.4 is 5.30 Å². The van der Waals surface area contributed by atoms with E-state index >= 15 is 0 Å². The quantitative estimate of drug-likeness (QED) is 0.630. The molecule has 0 amide bonds. The average molecular weight is 175 g/mol. The van der Waals surface area contributed by atoms with Gasteiger partial charge in [-0.3, -0.25) is 0 Å². The molecule has 1 nitrogen and oxygen atoms in total. The summed E-state index contributed by atoms with van der Waals surface area (Å²) < 4.78 is 34.4. The molecule has 0 saturated carbocycles. The van der Waals surface area contributed by atoms with E-state index in [0.717, 1.165) is 0 Å². The fourth-order valence-electron chi connectivity index (χ4n) is 0.688. The third-order valence-corrected chi connectivity index (χ3v) is 2.35. The maximum absolute atomic E-state index is 11.8. The van der Waals surface area contributed by atoms with E-state index in [1.54, 1.807) is 18.2 Å². The van der Waals surface area contributed by atoms with E-state index in [4.69, 9.17) is 0 Å². The van der Waals surface area contributed by atoms with Gasteiger partial charge in [0, 0.05) is 0 Å². The van der Waals surface area contributed by atoms with Gasteiger partial charge in [0.15, 0.2) is 5.30 Å². The molecule has 0 N–H and O–H groups in total. The molecule has 1 aromatic rings. The molecule has 1 atom stereocenters. The van der Waals surface area contributed by atoms with Crippen LogP contribution in [-0.4, -0.2) is 6.17 Å². The zero-order valence-electron chi connectivity index (χ0n) is 5.58. The van der Waals surface area contributed by atoms with Crippen LogP contribution in [0.2, 0.25) is 0 Å². The number of hydrogen-bond donors (Lipinski definition) is 0. The normalized spacial score (nSPS) is 11.7. The Bertz CT molecular complexity index is 248.